The Balaban J connectivity index is 2.05. The zero-order chi connectivity index (χ0) is 18.7. The zero-order valence-corrected chi connectivity index (χ0v) is 14.9. The van der Waals surface area contributed by atoms with Crippen LogP contribution in [0.3, 0.4) is 0 Å². The van der Waals surface area contributed by atoms with Gasteiger partial charge in [-0.05, 0) is 31.5 Å². The highest BCUT2D eigenvalue weighted by molar-refractivity contribution is 6.11. The summed E-state index contributed by atoms with van der Waals surface area (Å²) in [5.74, 6) is -0.146. The van der Waals surface area contributed by atoms with Crippen molar-refractivity contribution >= 4 is 28.3 Å². The van der Waals surface area contributed by atoms with Crippen molar-refractivity contribution in [3.8, 4) is 5.75 Å². The van der Waals surface area contributed by atoms with Crippen LogP contribution in [0.15, 0.2) is 42.6 Å². The smallest absolute Gasteiger partial charge is 0.340 e. The van der Waals surface area contributed by atoms with Crippen LogP contribution in [0.1, 0.15) is 37.0 Å². The molecule has 0 bridgehead atoms. The summed E-state index contributed by atoms with van der Waals surface area (Å²) in [5.41, 5.74) is 7.40. The lowest BCUT2D eigenvalue weighted by molar-refractivity contribution is -0.119. The summed E-state index contributed by atoms with van der Waals surface area (Å²) in [6, 6.07) is 11.3. The molecule has 1 unspecified atom stereocenters. The Labute approximate surface area is 151 Å². The van der Waals surface area contributed by atoms with Crippen molar-refractivity contribution in [3.63, 3.8) is 0 Å². The van der Waals surface area contributed by atoms with Crippen LogP contribution in [0.25, 0.3) is 16.4 Å². The van der Waals surface area contributed by atoms with Gasteiger partial charge in [0.15, 0.2) is 0 Å². The van der Waals surface area contributed by atoms with Gasteiger partial charge < -0.3 is 19.6 Å². The van der Waals surface area contributed by atoms with Gasteiger partial charge in [0.05, 0.1) is 35.8 Å². The molecule has 0 aliphatic heterocycles. The first-order chi connectivity index (χ1) is 12.5. The standard InChI is InChI=1S/C20H22N2O4/c1-3-10-25-20(24)19-15-6-4-5-7-16(15)22-12-14(8-9-17(19)22)26-13(2)11-18(21)23/h4-9,12-13H,3,10-11H2,1-2H3,(H2,21,23). The first-order valence-electron chi connectivity index (χ1n) is 8.66. The third kappa shape index (κ3) is 3.49. The molecule has 1 amide bonds. The number of carbonyl (C=O) groups is 2. The second-order valence-electron chi connectivity index (χ2n) is 6.25. The Morgan fingerprint density at radius 2 is 1.92 bits per heavy atom. The normalized spacial score (nSPS) is 12.2. The van der Waals surface area contributed by atoms with Crippen LogP contribution in [-0.4, -0.2) is 29.0 Å². The first-order valence-corrected chi connectivity index (χ1v) is 8.66. The predicted molar refractivity (Wildman–Crippen MR) is 99.4 cm³/mol. The van der Waals surface area contributed by atoms with Crippen molar-refractivity contribution < 1.29 is 19.1 Å². The van der Waals surface area contributed by atoms with E-state index in [4.69, 9.17) is 15.2 Å². The third-order valence-electron chi connectivity index (χ3n) is 4.08. The van der Waals surface area contributed by atoms with E-state index >= 15 is 0 Å². The van der Waals surface area contributed by atoms with Gasteiger partial charge in [-0.1, -0.05) is 25.1 Å². The van der Waals surface area contributed by atoms with E-state index in [-0.39, 0.29) is 18.5 Å². The maximum atomic E-state index is 12.6. The van der Waals surface area contributed by atoms with Crippen LogP contribution in [0.2, 0.25) is 0 Å². The number of aromatic nitrogens is 1. The molecule has 2 heterocycles. The number of pyridine rings is 1. The summed E-state index contributed by atoms with van der Waals surface area (Å²) in [6.45, 7) is 4.13. The molecule has 1 aromatic carbocycles. The van der Waals surface area contributed by atoms with Crippen molar-refractivity contribution in [3.05, 3.63) is 48.2 Å². The van der Waals surface area contributed by atoms with Gasteiger partial charge >= 0.3 is 5.97 Å². The Hall–Kier alpha value is -3.02. The molecule has 6 heteroatoms. The van der Waals surface area contributed by atoms with E-state index in [0.29, 0.717) is 17.9 Å². The molecule has 1 atom stereocenters. The molecule has 0 saturated heterocycles. The highest BCUT2D eigenvalue weighted by atomic mass is 16.5. The van der Waals surface area contributed by atoms with Crippen molar-refractivity contribution in [1.82, 2.24) is 4.40 Å². The summed E-state index contributed by atoms with van der Waals surface area (Å²) in [7, 11) is 0. The van der Waals surface area contributed by atoms with Gasteiger partial charge in [-0.2, -0.15) is 0 Å². The maximum Gasteiger partial charge on any atom is 0.340 e. The summed E-state index contributed by atoms with van der Waals surface area (Å²) >= 11 is 0. The number of nitrogens with two attached hydrogens (primary N) is 1. The number of esters is 1. The number of amides is 1. The molecule has 0 radical (unpaired) electrons. The average Bonchev–Trinajstić information content (AvgIpc) is 2.93. The Morgan fingerprint density at radius 1 is 1.15 bits per heavy atom. The molecule has 0 spiro atoms. The van der Waals surface area contributed by atoms with Crippen molar-refractivity contribution in [1.29, 1.82) is 0 Å². The van der Waals surface area contributed by atoms with Crippen molar-refractivity contribution in [2.24, 2.45) is 5.73 Å². The van der Waals surface area contributed by atoms with E-state index in [1.165, 1.54) is 0 Å². The molecule has 3 aromatic rings. The second-order valence-corrected chi connectivity index (χ2v) is 6.25. The maximum absolute atomic E-state index is 12.6. The molecular weight excluding hydrogens is 332 g/mol. The Morgan fingerprint density at radius 3 is 2.65 bits per heavy atom. The summed E-state index contributed by atoms with van der Waals surface area (Å²) < 4.78 is 13.0. The molecule has 3 rings (SSSR count). The number of fused-ring (bicyclic) bond motifs is 3. The van der Waals surface area contributed by atoms with Gasteiger partial charge in [0, 0.05) is 5.39 Å². The average molecular weight is 354 g/mol. The van der Waals surface area contributed by atoms with E-state index < -0.39 is 5.91 Å². The zero-order valence-electron chi connectivity index (χ0n) is 14.9. The fraction of sp³-hybridized carbons (Fsp3) is 0.300. The van der Waals surface area contributed by atoms with E-state index in [1.807, 2.05) is 47.9 Å². The minimum Gasteiger partial charge on any atom is -0.489 e. The molecule has 0 aliphatic carbocycles. The van der Waals surface area contributed by atoms with Crippen LogP contribution < -0.4 is 10.5 Å². The number of para-hydroxylation sites is 1. The first kappa shape index (κ1) is 17.8. The van der Waals surface area contributed by atoms with Gasteiger partial charge in [-0.15, -0.1) is 0 Å². The number of hydrogen-bond donors (Lipinski definition) is 1. The SMILES string of the molecule is CCCOC(=O)c1c2ccccc2n2cc(OC(C)CC(N)=O)ccc12. The number of rotatable bonds is 7. The van der Waals surface area contributed by atoms with Gasteiger partial charge in [0.1, 0.15) is 11.9 Å². The summed E-state index contributed by atoms with van der Waals surface area (Å²) in [6.07, 6.45) is 2.39. The molecule has 0 fully saturated rings. The summed E-state index contributed by atoms with van der Waals surface area (Å²) in [4.78, 5) is 23.6. The van der Waals surface area contributed by atoms with E-state index in [9.17, 15) is 9.59 Å². The number of hydrogen-bond acceptors (Lipinski definition) is 4. The fourth-order valence-electron chi connectivity index (χ4n) is 3.03. The van der Waals surface area contributed by atoms with Crippen LogP contribution in [-0.2, 0) is 9.53 Å². The molecule has 26 heavy (non-hydrogen) atoms. The minimum atomic E-state index is -0.411. The number of nitrogens with zero attached hydrogens (tertiary/aromatic N) is 1. The number of ether oxygens (including phenoxy) is 2. The van der Waals surface area contributed by atoms with Crippen molar-refractivity contribution in [2.45, 2.75) is 32.8 Å². The highest BCUT2D eigenvalue weighted by Crippen LogP contribution is 2.29. The predicted octanol–water partition coefficient (Wildman–Crippen LogP) is 3.30. The minimum absolute atomic E-state index is 0.138. The number of primary amides is 1. The molecular formula is C20H22N2O4. The monoisotopic (exact) mass is 354 g/mol. The van der Waals surface area contributed by atoms with Crippen LogP contribution in [0.4, 0.5) is 0 Å². The lowest BCUT2D eigenvalue weighted by atomic mass is 10.1. The molecule has 2 aromatic heterocycles. The molecule has 6 nitrogen and oxygen atoms in total. The lowest BCUT2D eigenvalue weighted by Gasteiger charge is -2.13. The van der Waals surface area contributed by atoms with Crippen molar-refractivity contribution in [2.75, 3.05) is 6.61 Å². The fourth-order valence-corrected chi connectivity index (χ4v) is 3.03. The van der Waals surface area contributed by atoms with Gasteiger partial charge in [-0.25, -0.2) is 4.79 Å². The van der Waals surface area contributed by atoms with Crippen LogP contribution >= 0.6 is 0 Å². The molecule has 0 saturated carbocycles. The van der Waals surface area contributed by atoms with E-state index in [0.717, 1.165) is 22.8 Å². The van der Waals surface area contributed by atoms with E-state index in [2.05, 4.69) is 0 Å². The Kier molecular flexibility index (Phi) is 5.11. The molecule has 136 valence electrons. The molecule has 0 aliphatic rings. The number of carbonyl (C=O) groups excluding carboxylic acids is 2. The van der Waals surface area contributed by atoms with E-state index in [1.54, 1.807) is 13.0 Å². The summed E-state index contributed by atoms with van der Waals surface area (Å²) in [5, 5.41) is 0.830. The molecule has 2 N–H and O–H groups in total. The second kappa shape index (κ2) is 7.47. The quantitative estimate of drug-likeness (QED) is 0.660. The largest absolute Gasteiger partial charge is 0.489 e. The Bertz CT molecular complexity index is 961. The third-order valence-corrected chi connectivity index (χ3v) is 4.08. The lowest BCUT2D eigenvalue weighted by Crippen LogP contribution is -2.22. The van der Waals surface area contributed by atoms with Crippen LogP contribution in [0, 0.1) is 0 Å². The van der Waals surface area contributed by atoms with Gasteiger partial charge in [0.2, 0.25) is 5.91 Å². The van der Waals surface area contributed by atoms with Crippen LogP contribution in [0.5, 0.6) is 5.75 Å². The van der Waals surface area contributed by atoms with Gasteiger partial charge in [-0.3, -0.25) is 4.79 Å². The highest BCUT2D eigenvalue weighted by Gasteiger charge is 2.20. The topological polar surface area (TPSA) is 83.0 Å². The number of benzene rings is 1. The van der Waals surface area contributed by atoms with Gasteiger partial charge in [0.25, 0.3) is 0 Å².